The highest BCUT2D eigenvalue weighted by atomic mass is 35.5. The zero-order valence-corrected chi connectivity index (χ0v) is 7.73. The third-order valence-corrected chi connectivity index (χ3v) is 1.36. The number of rotatable bonds is 1. The Labute approximate surface area is 73.2 Å². The van der Waals surface area contributed by atoms with Crippen LogP contribution in [0.2, 0.25) is 5.02 Å². The fourth-order valence-electron chi connectivity index (χ4n) is 0.664. The molecule has 0 saturated carbocycles. The largest absolute Gasteiger partial charge is 0.326 e. The average Bonchev–Trinajstić information content (AvgIpc) is 2.08. The van der Waals surface area contributed by atoms with Gasteiger partial charge in [0.25, 0.3) is 0 Å². The Balaban J connectivity index is 0.000000461. The fourth-order valence-corrected chi connectivity index (χ4v) is 0.877. The van der Waals surface area contributed by atoms with Gasteiger partial charge >= 0.3 is 0 Å². The van der Waals surface area contributed by atoms with Gasteiger partial charge in [-0.25, -0.2) is 0 Å². The van der Waals surface area contributed by atoms with Gasteiger partial charge in [-0.15, -0.1) is 0 Å². The number of halogens is 1. The van der Waals surface area contributed by atoms with Crippen LogP contribution in [-0.2, 0) is 6.54 Å². The van der Waals surface area contributed by atoms with E-state index in [1.165, 1.54) is 0 Å². The first-order chi connectivity index (χ1) is 5.33. The first-order valence-corrected chi connectivity index (χ1v) is 4.15. The minimum absolute atomic E-state index is 0.556. The minimum Gasteiger partial charge on any atom is -0.326 e. The Kier molecular flexibility index (Phi) is 5.90. The van der Waals surface area contributed by atoms with Crippen molar-refractivity contribution in [1.82, 2.24) is 0 Å². The predicted octanol–water partition coefficient (Wildman–Crippen LogP) is 2.82. The van der Waals surface area contributed by atoms with Gasteiger partial charge < -0.3 is 5.73 Å². The molecule has 0 aliphatic rings. The lowest BCUT2D eigenvalue weighted by Gasteiger charge is -1.93. The molecule has 2 N–H and O–H groups in total. The number of hydrogen-bond acceptors (Lipinski definition) is 1. The first kappa shape index (κ1) is 10.5. The Morgan fingerprint density at radius 1 is 1.36 bits per heavy atom. The van der Waals surface area contributed by atoms with E-state index in [0.717, 1.165) is 10.6 Å². The molecule has 11 heavy (non-hydrogen) atoms. The van der Waals surface area contributed by atoms with Crippen LogP contribution < -0.4 is 5.73 Å². The van der Waals surface area contributed by atoms with Crippen LogP contribution in [0.1, 0.15) is 19.4 Å². The third kappa shape index (κ3) is 4.02. The number of hydrogen-bond donors (Lipinski definition) is 1. The summed E-state index contributed by atoms with van der Waals surface area (Å²) in [5.41, 5.74) is 6.43. The molecule has 0 atom stereocenters. The van der Waals surface area contributed by atoms with E-state index in [4.69, 9.17) is 17.3 Å². The van der Waals surface area contributed by atoms with Crippen molar-refractivity contribution in [3.05, 3.63) is 34.9 Å². The van der Waals surface area contributed by atoms with Crippen LogP contribution in [0, 0.1) is 0 Å². The molecule has 1 aromatic carbocycles. The van der Waals surface area contributed by atoms with E-state index in [1.54, 1.807) is 0 Å². The van der Waals surface area contributed by atoms with Crippen LogP contribution in [0.4, 0.5) is 0 Å². The summed E-state index contributed by atoms with van der Waals surface area (Å²) >= 11 is 5.67. The molecule has 0 fully saturated rings. The van der Waals surface area contributed by atoms with Gasteiger partial charge in [-0.2, -0.15) is 0 Å². The third-order valence-electron chi connectivity index (χ3n) is 1.12. The average molecular weight is 172 g/mol. The van der Waals surface area contributed by atoms with Crippen molar-refractivity contribution >= 4 is 11.6 Å². The summed E-state index contributed by atoms with van der Waals surface area (Å²) in [5, 5.41) is 0.748. The van der Waals surface area contributed by atoms with Gasteiger partial charge in [0.05, 0.1) is 0 Å². The van der Waals surface area contributed by atoms with Gasteiger partial charge in [0.1, 0.15) is 0 Å². The second-order valence-electron chi connectivity index (χ2n) is 1.83. The van der Waals surface area contributed by atoms with E-state index in [2.05, 4.69) is 0 Å². The minimum atomic E-state index is 0.556. The van der Waals surface area contributed by atoms with Crippen LogP contribution >= 0.6 is 11.6 Å². The van der Waals surface area contributed by atoms with Crippen LogP contribution in [0.25, 0.3) is 0 Å². The molecule has 0 aromatic heterocycles. The lowest BCUT2D eigenvalue weighted by Crippen LogP contribution is -1.94. The van der Waals surface area contributed by atoms with Crippen molar-refractivity contribution in [1.29, 1.82) is 0 Å². The first-order valence-electron chi connectivity index (χ1n) is 3.77. The Morgan fingerprint density at radius 3 is 2.36 bits per heavy atom. The maximum atomic E-state index is 5.67. The zero-order chi connectivity index (χ0) is 8.69. The fraction of sp³-hybridized carbons (Fsp3) is 0.333. The highest BCUT2D eigenvalue weighted by molar-refractivity contribution is 6.30. The highest BCUT2D eigenvalue weighted by Gasteiger charge is 1.87. The van der Waals surface area contributed by atoms with E-state index in [9.17, 15) is 0 Å². The maximum Gasteiger partial charge on any atom is 0.0409 e. The van der Waals surface area contributed by atoms with Crippen molar-refractivity contribution in [2.75, 3.05) is 0 Å². The second-order valence-corrected chi connectivity index (χ2v) is 2.27. The molecular weight excluding hydrogens is 158 g/mol. The van der Waals surface area contributed by atoms with E-state index >= 15 is 0 Å². The monoisotopic (exact) mass is 171 g/mol. The van der Waals surface area contributed by atoms with Gasteiger partial charge in [-0.1, -0.05) is 37.6 Å². The molecule has 0 heterocycles. The molecule has 1 nitrogen and oxygen atoms in total. The summed E-state index contributed by atoms with van der Waals surface area (Å²) < 4.78 is 0. The molecule has 62 valence electrons. The lowest BCUT2D eigenvalue weighted by atomic mass is 10.2. The molecular formula is C9H14ClN. The highest BCUT2D eigenvalue weighted by Crippen LogP contribution is 2.09. The Bertz CT molecular complexity index is 199. The molecule has 0 spiro atoms. The standard InChI is InChI=1S/C7H8ClN.C2H6/c8-7-3-1-2-6(4-7)5-9;1-2/h1-4H,5,9H2;1-2H3. The van der Waals surface area contributed by atoms with Crippen LogP contribution in [0.15, 0.2) is 24.3 Å². The van der Waals surface area contributed by atoms with E-state index in [0.29, 0.717) is 6.54 Å². The predicted molar refractivity (Wildman–Crippen MR) is 50.7 cm³/mol. The van der Waals surface area contributed by atoms with Crippen molar-refractivity contribution in [3.8, 4) is 0 Å². The van der Waals surface area contributed by atoms with Gasteiger partial charge in [0.2, 0.25) is 0 Å². The summed E-state index contributed by atoms with van der Waals surface area (Å²) in [6.45, 7) is 4.56. The number of benzene rings is 1. The van der Waals surface area contributed by atoms with Crippen LogP contribution in [0.5, 0.6) is 0 Å². The second kappa shape index (κ2) is 6.20. The summed E-state index contributed by atoms with van der Waals surface area (Å²) in [5.74, 6) is 0. The van der Waals surface area contributed by atoms with Crippen molar-refractivity contribution < 1.29 is 0 Å². The zero-order valence-electron chi connectivity index (χ0n) is 6.97. The van der Waals surface area contributed by atoms with E-state index in [1.807, 2.05) is 38.1 Å². The summed E-state index contributed by atoms with van der Waals surface area (Å²) in [6.07, 6.45) is 0. The van der Waals surface area contributed by atoms with Gasteiger partial charge in [0.15, 0.2) is 0 Å². The molecule has 0 bridgehead atoms. The molecule has 0 radical (unpaired) electrons. The molecule has 0 amide bonds. The van der Waals surface area contributed by atoms with Crippen molar-refractivity contribution in [3.63, 3.8) is 0 Å². The molecule has 2 heteroatoms. The summed E-state index contributed by atoms with van der Waals surface area (Å²) in [7, 11) is 0. The van der Waals surface area contributed by atoms with Gasteiger partial charge in [0, 0.05) is 11.6 Å². The quantitative estimate of drug-likeness (QED) is 0.691. The summed E-state index contributed by atoms with van der Waals surface area (Å²) in [4.78, 5) is 0. The lowest BCUT2D eigenvalue weighted by molar-refractivity contribution is 1.07. The van der Waals surface area contributed by atoms with Crippen LogP contribution in [-0.4, -0.2) is 0 Å². The molecule has 0 saturated heterocycles. The smallest absolute Gasteiger partial charge is 0.0409 e. The molecule has 0 unspecified atom stereocenters. The number of nitrogens with two attached hydrogens (primary N) is 1. The topological polar surface area (TPSA) is 26.0 Å². The van der Waals surface area contributed by atoms with E-state index in [-0.39, 0.29) is 0 Å². The molecule has 0 aliphatic heterocycles. The van der Waals surface area contributed by atoms with E-state index < -0.39 is 0 Å². The van der Waals surface area contributed by atoms with Gasteiger partial charge in [-0.05, 0) is 17.7 Å². The Hall–Kier alpha value is -0.530. The Morgan fingerprint density at radius 2 is 2.00 bits per heavy atom. The summed E-state index contributed by atoms with van der Waals surface area (Å²) in [6, 6.07) is 7.54. The molecule has 1 aromatic rings. The molecule has 1 rings (SSSR count). The SMILES string of the molecule is CC.NCc1cccc(Cl)c1. The van der Waals surface area contributed by atoms with Gasteiger partial charge in [-0.3, -0.25) is 0 Å². The normalized spacial score (nSPS) is 8.36. The maximum absolute atomic E-state index is 5.67. The van der Waals surface area contributed by atoms with Crippen molar-refractivity contribution in [2.45, 2.75) is 20.4 Å². The van der Waals surface area contributed by atoms with Crippen molar-refractivity contribution in [2.24, 2.45) is 5.73 Å². The molecule has 0 aliphatic carbocycles. The van der Waals surface area contributed by atoms with Crippen LogP contribution in [0.3, 0.4) is 0 Å².